The molecule has 1 aliphatic heterocycles. The molecule has 0 radical (unpaired) electrons. The molecule has 0 saturated carbocycles. The van der Waals surface area contributed by atoms with Crippen molar-refractivity contribution in [3.8, 4) is 0 Å². The van der Waals surface area contributed by atoms with E-state index in [0.29, 0.717) is 0 Å². The SMILES string of the molecule is CN(CCO)CCN(C)C(C)(C)CCC(C)(C)N1C=COCC1. The molecular weight excluding hydrogens is 290 g/mol. The molecule has 1 heterocycles. The summed E-state index contributed by atoms with van der Waals surface area (Å²) in [7, 11) is 4.26. The lowest BCUT2D eigenvalue weighted by Gasteiger charge is -2.43. The lowest BCUT2D eigenvalue weighted by Crippen LogP contribution is -2.48. The Bertz CT molecular complexity index is 369. The van der Waals surface area contributed by atoms with Crippen molar-refractivity contribution >= 4 is 0 Å². The van der Waals surface area contributed by atoms with Gasteiger partial charge in [-0.2, -0.15) is 0 Å². The lowest BCUT2D eigenvalue weighted by molar-refractivity contribution is 0.0713. The fourth-order valence-corrected chi connectivity index (χ4v) is 2.77. The van der Waals surface area contributed by atoms with E-state index in [0.717, 1.165) is 45.6 Å². The van der Waals surface area contributed by atoms with Gasteiger partial charge in [-0.25, -0.2) is 0 Å². The van der Waals surface area contributed by atoms with Gasteiger partial charge in [-0.05, 0) is 54.6 Å². The molecule has 0 fully saturated rings. The summed E-state index contributed by atoms with van der Waals surface area (Å²) in [4.78, 5) is 7.00. The third-order valence-electron chi connectivity index (χ3n) is 5.25. The van der Waals surface area contributed by atoms with E-state index in [1.165, 1.54) is 0 Å². The van der Waals surface area contributed by atoms with Crippen LogP contribution in [0.1, 0.15) is 40.5 Å². The van der Waals surface area contributed by atoms with Gasteiger partial charge in [0.25, 0.3) is 0 Å². The monoisotopic (exact) mass is 327 g/mol. The van der Waals surface area contributed by atoms with Crippen molar-refractivity contribution in [3.05, 3.63) is 12.5 Å². The molecule has 0 aliphatic carbocycles. The van der Waals surface area contributed by atoms with Gasteiger partial charge in [0, 0.05) is 36.9 Å². The topological polar surface area (TPSA) is 39.2 Å². The van der Waals surface area contributed by atoms with Crippen molar-refractivity contribution in [2.75, 3.05) is 53.5 Å². The molecule has 1 N–H and O–H groups in total. The van der Waals surface area contributed by atoms with E-state index in [2.05, 4.69) is 62.7 Å². The van der Waals surface area contributed by atoms with Crippen molar-refractivity contribution in [2.24, 2.45) is 0 Å². The first-order valence-corrected chi connectivity index (χ1v) is 8.75. The summed E-state index contributed by atoms with van der Waals surface area (Å²) < 4.78 is 5.30. The van der Waals surface area contributed by atoms with E-state index in [-0.39, 0.29) is 17.7 Å². The third kappa shape index (κ3) is 6.69. The molecule has 23 heavy (non-hydrogen) atoms. The second-order valence-electron chi connectivity index (χ2n) is 7.92. The summed E-state index contributed by atoms with van der Waals surface area (Å²) in [5.41, 5.74) is 0.305. The Morgan fingerprint density at radius 2 is 1.78 bits per heavy atom. The van der Waals surface area contributed by atoms with Crippen LogP contribution in [0, 0.1) is 0 Å². The highest BCUT2D eigenvalue weighted by Crippen LogP contribution is 2.28. The highest BCUT2D eigenvalue weighted by Gasteiger charge is 2.30. The summed E-state index contributed by atoms with van der Waals surface area (Å²) in [6.07, 6.45) is 6.16. The average molecular weight is 328 g/mol. The third-order valence-corrected chi connectivity index (χ3v) is 5.25. The van der Waals surface area contributed by atoms with Crippen LogP contribution in [0.2, 0.25) is 0 Å². The number of hydrogen-bond acceptors (Lipinski definition) is 5. The van der Waals surface area contributed by atoms with Crippen LogP contribution < -0.4 is 0 Å². The maximum atomic E-state index is 8.99. The van der Waals surface area contributed by atoms with Crippen molar-refractivity contribution in [2.45, 2.75) is 51.6 Å². The van der Waals surface area contributed by atoms with E-state index in [9.17, 15) is 0 Å². The minimum Gasteiger partial charge on any atom is -0.498 e. The Labute approximate surface area is 142 Å². The molecule has 1 rings (SSSR count). The summed E-state index contributed by atoms with van der Waals surface area (Å²) in [5, 5.41) is 8.99. The molecule has 0 amide bonds. The first kappa shape index (κ1) is 20.3. The predicted molar refractivity (Wildman–Crippen MR) is 96.4 cm³/mol. The summed E-state index contributed by atoms with van der Waals surface area (Å²) >= 11 is 0. The molecule has 0 aromatic rings. The molecule has 0 atom stereocenters. The highest BCUT2D eigenvalue weighted by atomic mass is 16.5. The van der Waals surface area contributed by atoms with Crippen LogP contribution in [-0.2, 0) is 4.74 Å². The van der Waals surface area contributed by atoms with Crippen LogP contribution in [0.3, 0.4) is 0 Å². The van der Waals surface area contributed by atoms with Gasteiger partial charge >= 0.3 is 0 Å². The van der Waals surface area contributed by atoms with Crippen LogP contribution >= 0.6 is 0 Å². The maximum absolute atomic E-state index is 8.99. The number of likely N-dealkylation sites (N-methyl/N-ethyl adjacent to an activating group) is 2. The van der Waals surface area contributed by atoms with Crippen molar-refractivity contribution in [1.29, 1.82) is 0 Å². The van der Waals surface area contributed by atoms with E-state index < -0.39 is 0 Å². The zero-order chi connectivity index (χ0) is 17.5. The van der Waals surface area contributed by atoms with Gasteiger partial charge in [-0.1, -0.05) is 0 Å². The summed E-state index contributed by atoms with van der Waals surface area (Å²) in [5.74, 6) is 0. The Hall–Kier alpha value is -0.780. The molecule has 136 valence electrons. The summed E-state index contributed by atoms with van der Waals surface area (Å²) in [6, 6.07) is 0. The number of hydrogen-bond donors (Lipinski definition) is 1. The van der Waals surface area contributed by atoms with Gasteiger partial charge in [0.1, 0.15) is 6.61 Å². The van der Waals surface area contributed by atoms with E-state index in [1.54, 1.807) is 6.26 Å². The second kappa shape index (κ2) is 8.90. The lowest BCUT2D eigenvalue weighted by atomic mass is 9.87. The minimum atomic E-state index is 0.145. The predicted octanol–water partition coefficient (Wildman–Crippen LogP) is 1.98. The minimum absolute atomic E-state index is 0.145. The number of aliphatic hydroxyl groups is 1. The van der Waals surface area contributed by atoms with Crippen LogP contribution in [0.15, 0.2) is 12.5 Å². The molecule has 0 aromatic heterocycles. The van der Waals surface area contributed by atoms with Gasteiger partial charge in [0.15, 0.2) is 0 Å². The van der Waals surface area contributed by atoms with E-state index >= 15 is 0 Å². The van der Waals surface area contributed by atoms with Crippen molar-refractivity contribution in [1.82, 2.24) is 14.7 Å². The second-order valence-corrected chi connectivity index (χ2v) is 7.92. The van der Waals surface area contributed by atoms with Crippen LogP contribution in [0.5, 0.6) is 0 Å². The average Bonchev–Trinajstić information content (AvgIpc) is 2.52. The Morgan fingerprint density at radius 1 is 1.09 bits per heavy atom. The number of rotatable bonds is 10. The number of ether oxygens (including phenoxy) is 1. The van der Waals surface area contributed by atoms with Crippen molar-refractivity contribution < 1.29 is 9.84 Å². The molecule has 0 bridgehead atoms. The van der Waals surface area contributed by atoms with Crippen LogP contribution in [-0.4, -0.2) is 84.4 Å². The smallest absolute Gasteiger partial charge is 0.105 e. The first-order chi connectivity index (χ1) is 10.7. The quantitative estimate of drug-likeness (QED) is 0.664. The van der Waals surface area contributed by atoms with Crippen LogP contribution in [0.25, 0.3) is 0 Å². The number of nitrogens with zero attached hydrogens (tertiary/aromatic N) is 3. The molecule has 0 saturated heterocycles. The molecule has 5 heteroatoms. The molecule has 1 aliphatic rings. The fourth-order valence-electron chi connectivity index (χ4n) is 2.77. The Kier molecular flexibility index (Phi) is 7.84. The molecule has 5 nitrogen and oxygen atoms in total. The number of aliphatic hydroxyl groups excluding tert-OH is 1. The zero-order valence-corrected chi connectivity index (χ0v) is 16.0. The largest absolute Gasteiger partial charge is 0.498 e. The highest BCUT2D eigenvalue weighted by molar-refractivity contribution is 4.94. The Balaban J connectivity index is 2.46. The summed E-state index contributed by atoms with van der Waals surface area (Å²) in [6.45, 7) is 14.0. The van der Waals surface area contributed by atoms with Gasteiger partial charge in [0.05, 0.1) is 19.4 Å². The van der Waals surface area contributed by atoms with E-state index in [4.69, 9.17) is 9.84 Å². The maximum Gasteiger partial charge on any atom is 0.105 e. The Morgan fingerprint density at radius 3 is 2.35 bits per heavy atom. The van der Waals surface area contributed by atoms with Crippen molar-refractivity contribution in [3.63, 3.8) is 0 Å². The standard InChI is InChI=1S/C18H37N3O2/c1-17(2,20(6)10-9-19(5)11-14-22)7-8-18(3,4)21-12-15-23-16-13-21/h12,15,22H,7-11,13-14,16H2,1-6H3. The van der Waals surface area contributed by atoms with E-state index in [1.807, 2.05) is 0 Å². The molecular formula is C18H37N3O2. The fraction of sp³-hybridized carbons (Fsp3) is 0.889. The first-order valence-electron chi connectivity index (χ1n) is 8.75. The zero-order valence-electron chi connectivity index (χ0n) is 16.0. The van der Waals surface area contributed by atoms with Crippen LogP contribution in [0.4, 0.5) is 0 Å². The van der Waals surface area contributed by atoms with Gasteiger partial charge < -0.3 is 19.6 Å². The van der Waals surface area contributed by atoms with Gasteiger partial charge in [0.2, 0.25) is 0 Å². The van der Waals surface area contributed by atoms with Gasteiger partial charge in [-0.3, -0.25) is 4.90 Å². The molecule has 0 spiro atoms. The molecule has 0 unspecified atom stereocenters. The van der Waals surface area contributed by atoms with Gasteiger partial charge in [-0.15, -0.1) is 0 Å². The normalized spacial score (nSPS) is 16.3. The molecule has 0 aromatic carbocycles.